The molecule has 0 spiro atoms. The van der Waals surface area contributed by atoms with E-state index in [-0.39, 0.29) is 18.6 Å². The number of nitrogens with two attached hydrogens (primary N) is 1. The lowest BCUT2D eigenvalue weighted by Crippen LogP contribution is -2.30. The lowest BCUT2D eigenvalue weighted by atomic mass is 10.0. The highest BCUT2D eigenvalue weighted by Crippen LogP contribution is 2.14. The van der Waals surface area contributed by atoms with Crippen molar-refractivity contribution in [1.29, 1.82) is 0 Å². The van der Waals surface area contributed by atoms with Gasteiger partial charge in [0.2, 0.25) is 0 Å². The number of amides is 1. The number of hydrogen-bond donors (Lipinski definition) is 2. The summed E-state index contributed by atoms with van der Waals surface area (Å²) in [4.78, 5) is 11.6. The molecule has 0 aromatic heterocycles. The number of carbonyl (C=O) groups is 1. The second-order valence-electron chi connectivity index (χ2n) is 5.00. The Kier molecular flexibility index (Phi) is 8.47. The molecule has 0 saturated carbocycles. The quantitative estimate of drug-likeness (QED) is 0.641. The van der Waals surface area contributed by atoms with Crippen molar-refractivity contribution in [2.24, 2.45) is 5.73 Å². The van der Waals surface area contributed by atoms with Gasteiger partial charge in [-0.3, -0.25) is 4.79 Å². The molecule has 1 rings (SSSR count). The van der Waals surface area contributed by atoms with Crippen molar-refractivity contribution in [2.45, 2.75) is 32.2 Å². The Labute approximate surface area is 126 Å². The zero-order valence-electron chi connectivity index (χ0n) is 12.9. The van der Waals surface area contributed by atoms with E-state index in [2.05, 4.69) is 12.2 Å². The molecule has 0 radical (unpaired) electrons. The van der Waals surface area contributed by atoms with Gasteiger partial charge < -0.3 is 20.5 Å². The first-order valence-electron chi connectivity index (χ1n) is 7.38. The predicted molar refractivity (Wildman–Crippen MR) is 83.4 cm³/mol. The van der Waals surface area contributed by atoms with Gasteiger partial charge in [-0.15, -0.1) is 0 Å². The SMILES string of the molecule is CCC(N)Cc1cccc(OCC(=O)NCCCOC)c1. The number of nitrogens with one attached hydrogen (secondary N) is 1. The van der Waals surface area contributed by atoms with Crippen LogP contribution in [0.25, 0.3) is 0 Å². The van der Waals surface area contributed by atoms with Crippen molar-refractivity contribution in [3.63, 3.8) is 0 Å². The molecule has 3 N–H and O–H groups in total. The number of methoxy groups -OCH3 is 1. The predicted octanol–water partition coefficient (Wildman–Crippen LogP) is 1.50. The van der Waals surface area contributed by atoms with Gasteiger partial charge in [-0.2, -0.15) is 0 Å². The summed E-state index contributed by atoms with van der Waals surface area (Å²) in [6.45, 7) is 3.33. The van der Waals surface area contributed by atoms with Crippen LogP contribution in [-0.4, -0.2) is 38.8 Å². The molecule has 0 bridgehead atoms. The maximum absolute atomic E-state index is 11.6. The van der Waals surface area contributed by atoms with Crippen molar-refractivity contribution in [1.82, 2.24) is 5.32 Å². The third kappa shape index (κ3) is 7.68. The Hall–Kier alpha value is -1.59. The Morgan fingerprint density at radius 1 is 1.43 bits per heavy atom. The van der Waals surface area contributed by atoms with E-state index in [9.17, 15) is 4.79 Å². The van der Waals surface area contributed by atoms with E-state index in [1.165, 1.54) is 0 Å². The summed E-state index contributed by atoms with van der Waals surface area (Å²) in [5.74, 6) is 0.574. The first-order valence-corrected chi connectivity index (χ1v) is 7.38. The summed E-state index contributed by atoms with van der Waals surface area (Å²) < 4.78 is 10.4. The van der Waals surface area contributed by atoms with Crippen molar-refractivity contribution >= 4 is 5.91 Å². The molecule has 0 aliphatic carbocycles. The topological polar surface area (TPSA) is 73.6 Å². The minimum absolute atomic E-state index is 0.0241. The summed E-state index contributed by atoms with van der Waals surface area (Å²) in [5.41, 5.74) is 7.07. The van der Waals surface area contributed by atoms with Crippen LogP contribution in [0.15, 0.2) is 24.3 Å². The number of rotatable bonds is 10. The van der Waals surface area contributed by atoms with Gasteiger partial charge in [-0.05, 0) is 37.0 Å². The molecule has 1 aromatic carbocycles. The molecule has 1 atom stereocenters. The lowest BCUT2D eigenvalue weighted by Gasteiger charge is -2.11. The van der Waals surface area contributed by atoms with Gasteiger partial charge in [0.25, 0.3) is 5.91 Å². The Balaban J connectivity index is 2.34. The molecule has 0 saturated heterocycles. The molecule has 0 aliphatic heterocycles. The van der Waals surface area contributed by atoms with Gasteiger partial charge in [-0.1, -0.05) is 19.1 Å². The van der Waals surface area contributed by atoms with Crippen LogP contribution in [0, 0.1) is 0 Å². The van der Waals surface area contributed by atoms with Gasteiger partial charge in [0.05, 0.1) is 0 Å². The molecule has 5 heteroatoms. The fourth-order valence-corrected chi connectivity index (χ4v) is 1.85. The van der Waals surface area contributed by atoms with Crippen LogP contribution in [0.1, 0.15) is 25.3 Å². The minimum Gasteiger partial charge on any atom is -0.484 e. The molecular formula is C16H26N2O3. The first-order chi connectivity index (χ1) is 10.2. The lowest BCUT2D eigenvalue weighted by molar-refractivity contribution is -0.123. The molecule has 1 unspecified atom stereocenters. The molecule has 21 heavy (non-hydrogen) atoms. The number of ether oxygens (including phenoxy) is 2. The van der Waals surface area contributed by atoms with Gasteiger partial charge in [-0.25, -0.2) is 0 Å². The average molecular weight is 294 g/mol. The monoisotopic (exact) mass is 294 g/mol. The first kappa shape index (κ1) is 17.5. The summed E-state index contributed by atoms with van der Waals surface area (Å²) in [6.07, 6.45) is 2.55. The standard InChI is InChI=1S/C16H26N2O3/c1-3-14(17)10-13-6-4-7-15(11-13)21-12-16(19)18-8-5-9-20-2/h4,6-7,11,14H,3,5,8-10,12,17H2,1-2H3,(H,18,19). The van der Waals surface area contributed by atoms with Crippen LogP contribution in [0.3, 0.4) is 0 Å². The molecular weight excluding hydrogens is 268 g/mol. The van der Waals surface area contributed by atoms with E-state index in [0.29, 0.717) is 18.9 Å². The normalized spacial score (nSPS) is 12.0. The summed E-state index contributed by atoms with van der Waals surface area (Å²) >= 11 is 0. The molecule has 0 aliphatic rings. The van der Waals surface area contributed by atoms with Gasteiger partial charge >= 0.3 is 0 Å². The van der Waals surface area contributed by atoms with Crippen LogP contribution < -0.4 is 15.8 Å². The Morgan fingerprint density at radius 3 is 2.95 bits per heavy atom. The maximum atomic E-state index is 11.6. The molecule has 1 aromatic rings. The highest BCUT2D eigenvalue weighted by molar-refractivity contribution is 5.77. The van der Waals surface area contributed by atoms with E-state index >= 15 is 0 Å². The fourth-order valence-electron chi connectivity index (χ4n) is 1.85. The molecule has 118 valence electrons. The van der Waals surface area contributed by atoms with Crippen molar-refractivity contribution in [3.05, 3.63) is 29.8 Å². The summed E-state index contributed by atoms with van der Waals surface area (Å²) in [5, 5.41) is 2.78. The van der Waals surface area contributed by atoms with Gasteiger partial charge in [0, 0.05) is 26.3 Å². The van der Waals surface area contributed by atoms with Crippen molar-refractivity contribution in [3.8, 4) is 5.75 Å². The zero-order chi connectivity index (χ0) is 15.5. The average Bonchev–Trinajstić information content (AvgIpc) is 2.50. The Bertz CT molecular complexity index is 424. The van der Waals surface area contributed by atoms with E-state index in [4.69, 9.17) is 15.2 Å². The fraction of sp³-hybridized carbons (Fsp3) is 0.562. The van der Waals surface area contributed by atoms with Crippen LogP contribution in [0.2, 0.25) is 0 Å². The second kappa shape index (κ2) is 10.2. The highest BCUT2D eigenvalue weighted by Gasteiger charge is 2.05. The third-order valence-corrected chi connectivity index (χ3v) is 3.14. The summed E-state index contributed by atoms with van der Waals surface area (Å²) in [7, 11) is 1.64. The number of benzene rings is 1. The Morgan fingerprint density at radius 2 is 2.24 bits per heavy atom. The zero-order valence-corrected chi connectivity index (χ0v) is 12.9. The molecule has 0 fully saturated rings. The van der Waals surface area contributed by atoms with E-state index in [0.717, 1.165) is 24.8 Å². The van der Waals surface area contributed by atoms with Crippen LogP contribution in [0.5, 0.6) is 5.75 Å². The smallest absolute Gasteiger partial charge is 0.257 e. The second-order valence-corrected chi connectivity index (χ2v) is 5.00. The van der Waals surface area contributed by atoms with Crippen molar-refractivity contribution in [2.75, 3.05) is 26.9 Å². The van der Waals surface area contributed by atoms with Gasteiger partial charge in [0.15, 0.2) is 6.61 Å². The number of hydrogen-bond acceptors (Lipinski definition) is 4. The van der Waals surface area contributed by atoms with Crippen molar-refractivity contribution < 1.29 is 14.3 Å². The molecule has 1 amide bonds. The third-order valence-electron chi connectivity index (χ3n) is 3.14. The van der Waals surface area contributed by atoms with E-state index in [1.54, 1.807) is 7.11 Å². The van der Waals surface area contributed by atoms with Gasteiger partial charge in [0.1, 0.15) is 5.75 Å². The largest absolute Gasteiger partial charge is 0.484 e. The van der Waals surface area contributed by atoms with E-state index < -0.39 is 0 Å². The van der Waals surface area contributed by atoms with Crippen LogP contribution >= 0.6 is 0 Å². The van der Waals surface area contributed by atoms with E-state index in [1.807, 2.05) is 24.3 Å². The minimum atomic E-state index is -0.123. The number of carbonyl (C=O) groups excluding carboxylic acids is 1. The molecule has 5 nitrogen and oxygen atoms in total. The van der Waals surface area contributed by atoms with Crippen LogP contribution in [0.4, 0.5) is 0 Å². The molecule has 0 heterocycles. The van der Waals surface area contributed by atoms with Crippen LogP contribution in [-0.2, 0) is 16.0 Å². The maximum Gasteiger partial charge on any atom is 0.257 e. The highest BCUT2D eigenvalue weighted by atomic mass is 16.5. The summed E-state index contributed by atoms with van der Waals surface area (Å²) in [6, 6.07) is 7.88.